The van der Waals surface area contributed by atoms with Gasteiger partial charge in [-0.3, -0.25) is 0 Å². The van der Waals surface area contributed by atoms with E-state index in [0.717, 1.165) is 0 Å². The third kappa shape index (κ3) is 7.19. The van der Waals surface area contributed by atoms with Crippen LogP contribution in [0.25, 0.3) is 10.8 Å². The van der Waals surface area contributed by atoms with Gasteiger partial charge in [0.05, 0.1) is 0 Å². The van der Waals surface area contributed by atoms with E-state index in [1.807, 2.05) is 0 Å². The molecule has 3 aromatic carbocycles. The van der Waals surface area contributed by atoms with Crippen molar-refractivity contribution < 1.29 is 20.8 Å². The summed E-state index contributed by atoms with van der Waals surface area (Å²) in [5, 5.41) is 2.77. The number of fused-ring (bicyclic) bond motifs is 1. The summed E-state index contributed by atoms with van der Waals surface area (Å²) in [4.78, 5) is 0. The van der Waals surface area contributed by atoms with Crippen LogP contribution < -0.4 is 0 Å². The van der Waals surface area contributed by atoms with Gasteiger partial charge in [0.25, 0.3) is 0 Å². The SMILES string of the molecule is CCCCc1cc2ccccc2[cH-]1.CC[c-]1c(C)c(C)c(C)c1C.[Cl][Zr+2][Cl]. The van der Waals surface area contributed by atoms with E-state index in [4.69, 9.17) is 17.0 Å². The minimum atomic E-state index is -0.826. The zero-order chi connectivity index (χ0) is 20.4. The molecule has 3 rings (SSSR count). The second-order valence-corrected chi connectivity index (χ2v) is 10.7. The van der Waals surface area contributed by atoms with E-state index >= 15 is 0 Å². The molecule has 0 unspecified atom stereocenters. The predicted molar refractivity (Wildman–Crippen MR) is 120 cm³/mol. The van der Waals surface area contributed by atoms with Crippen LogP contribution in [-0.2, 0) is 33.7 Å². The first kappa shape index (κ1) is 24.7. The summed E-state index contributed by atoms with van der Waals surface area (Å²) in [6.07, 6.45) is 4.98. The van der Waals surface area contributed by atoms with Crippen LogP contribution in [0.4, 0.5) is 0 Å². The van der Waals surface area contributed by atoms with E-state index in [1.54, 1.807) is 5.56 Å². The Morgan fingerprint density at radius 3 is 1.96 bits per heavy atom. The molecule has 0 aliphatic heterocycles. The zero-order valence-corrected chi connectivity index (χ0v) is 21.5. The maximum atomic E-state index is 4.93. The second kappa shape index (κ2) is 13.0. The fourth-order valence-electron chi connectivity index (χ4n) is 3.57. The van der Waals surface area contributed by atoms with Crippen LogP contribution in [0.5, 0.6) is 0 Å². The standard InChI is InChI=1S/C13H15.C11H17.2ClH.Zr/c1-2-3-6-11-9-12-7-4-5-8-13(12)10-11;1-6-11-9(4)7(2)8(3)10(11)5;;;/h4-5,7-10H,2-3,6H2,1H3;6H2,1-5H3;2*1H;/q2*-1;;;+4/p-2. The molecule has 0 spiro atoms. The molecule has 27 heavy (non-hydrogen) atoms. The third-order valence-corrected chi connectivity index (χ3v) is 5.44. The van der Waals surface area contributed by atoms with Crippen molar-refractivity contribution in [2.24, 2.45) is 0 Å². The van der Waals surface area contributed by atoms with Crippen molar-refractivity contribution in [3.8, 4) is 0 Å². The molecule has 0 nitrogen and oxygen atoms in total. The first-order valence-corrected chi connectivity index (χ1v) is 16.1. The van der Waals surface area contributed by atoms with E-state index in [9.17, 15) is 0 Å². The Kier molecular flexibility index (Phi) is 11.9. The van der Waals surface area contributed by atoms with Crippen molar-refractivity contribution in [3.05, 3.63) is 69.8 Å². The van der Waals surface area contributed by atoms with Gasteiger partial charge in [0.2, 0.25) is 0 Å². The summed E-state index contributed by atoms with van der Waals surface area (Å²) in [5.41, 5.74) is 9.02. The van der Waals surface area contributed by atoms with Crippen LogP contribution in [0, 0.1) is 27.7 Å². The van der Waals surface area contributed by atoms with E-state index in [-0.39, 0.29) is 0 Å². The average molecular weight is 483 g/mol. The summed E-state index contributed by atoms with van der Waals surface area (Å²) in [6.45, 7) is 13.4. The van der Waals surface area contributed by atoms with Crippen LogP contribution in [0.15, 0.2) is 36.4 Å². The molecule has 0 fully saturated rings. The van der Waals surface area contributed by atoms with Gasteiger partial charge < -0.3 is 0 Å². The van der Waals surface area contributed by atoms with Crippen molar-refractivity contribution >= 4 is 27.8 Å². The number of hydrogen-bond acceptors (Lipinski definition) is 0. The van der Waals surface area contributed by atoms with Gasteiger partial charge in [-0.2, -0.15) is 33.9 Å². The number of benzene rings is 1. The molecular weight excluding hydrogens is 450 g/mol. The summed E-state index contributed by atoms with van der Waals surface area (Å²) in [5.74, 6) is 0. The van der Waals surface area contributed by atoms with Crippen molar-refractivity contribution in [2.75, 3.05) is 0 Å². The number of rotatable bonds is 4. The molecule has 0 N–H and O–H groups in total. The fraction of sp³-hybridized carbons (Fsp3) is 0.417. The van der Waals surface area contributed by atoms with Crippen LogP contribution in [0.1, 0.15) is 60.1 Å². The van der Waals surface area contributed by atoms with Crippen LogP contribution in [0.2, 0.25) is 0 Å². The molecule has 0 bridgehead atoms. The van der Waals surface area contributed by atoms with E-state index in [0.29, 0.717) is 0 Å². The molecule has 0 saturated carbocycles. The van der Waals surface area contributed by atoms with Crippen molar-refractivity contribution in [1.82, 2.24) is 0 Å². The second-order valence-electron chi connectivity index (χ2n) is 7.00. The van der Waals surface area contributed by atoms with E-state index < -0.39 is 20.8 Å². The molecule has 3 heteroatoms. The van der Waals surface area contributed by atoms with Crippen molar-refractivity contribution in [1.29, 1.82) is 0 Å². The predicted octanol–water partition coefficient (Wildman–Crippen LogP) is 8.48. The Balaban J connectivity index is 0.000000239. The normalized spacial score (nSPS) is 9.93. The van der Waals surface area contributed by atoms with Gasteiger partial charge >= 0.3 is 37.9 Å². The number of hydrogen-bond donors (Lipinski definition) is 0. The van der Waals surface area contributed by atoms with Gasteiger partial charge in [-0.15, -0.1) is 40.6 Å². The maximum absolute atomic E-state index is 4.93. The van der Waals surface area contributed by atoms with Crippen molar-refractivity contribution in [3.63, 3.8) is 0 Å². The minimum absolute atomic E-state index is 0.826. The molecule has 3 aromatic rings. The molecule has 0 aromatic heterocycles. The summed E-state index contributed by atoms with van der Waals surface area (Å²) >= 11 is -0.826. The topological polar surface area (TPSA) is 0 Å². The van der Waals surface area contributed by atoms with Gasteiger partial charge in [-0.25, -0.2) is 0 Å². The number of halogens is 2. The van der Waals surface area contributed by atoms with Crippen LogP contribution in [-0.4, -0.2) is 0 Å². The Bertz CT molecular complexity index is 753. The van der Waals surface area contributed by atoms with Crippen LogP contribution >= 0.6 is 17.0 Å². The zero-order valence-electron chi connectivity index (χ0n) is 17.5. The Labute approximate surface area is 184 Å². The Morgan fingerprint density at radius 2 is 1.52 bits per heavy atom. The first-order valence-electron chi connectivity index (χ1n) is 9.73. The molecule has 0 heterocycles. The molecule has 146 valence electrons. The van der Waals surface area contributed by atoms with Gasteiger partial charge in [0.1, 0.15) is 0 Å². The summed E-state index contributed by atoms with van der Waals surface area (Å²) < 4.78 is 0. The monoisotopic (exact) mass is 480 g/mol. The van der Waals surface area contributed by atoms with Gasteiger partial charge in [0, 0.05) is 0 Å². The Hall–Kier alpha value is -0.357. The van der Waals surface area contributed by atoms with Crippen molar-refractivity contribution in [2.45, 2.75) is 67.2 Å². The van der Waals surface area contributed by atoms with Gasteiger partial charge in [0.15, 0.2) is 0 Å². The average Bonchev–Trinajstić information content (AvgIpc) is 3.16. The molecule has 0 amide bonds. The summed E-state index contributed by atoms with van der Waals surface area (Å²) in [7, 11) is 9.87. The third-order valence-electron chi connectivity index (χ3n) is 5.44. The molecule has 0 atom stereocenters. The number of unbranched alkanes of at least 4 members (excludes halogenated alkanes) is 1. The molecule has 0 saturated heterocycles. The first-order chi connectivity index (χ1) is 12.9. The molecular formula is C24H32Cl2Zr. The van der Waals surface area contributed by atoms with E-state index in [1.165, 1.54) is 64.3 Å². The quantitative estimate of drug-likeness (QED) is 0.327. The molecule has 0 aliphatic rings. The van der Waals surface area contributed by atoms with Crippen LogP contribution in [0.3, 0.4) is 0 Å². The van der Waals surface area contributed by atoms with E-state index in [2.05, 4.69) is 77.9 Å². The number of aryl methyl sites for hydroxylation is 1. The summed E-state index contributed by atoms with van der Waals surface area (Å²) in [6, 6.07) is 13.2. The molecule has 0 radical (unpaired) electrons. The van der Waals surface area contributed by atoms with Gasteiger partial charge in [-0.1, -0.05) is 66.9 Å². The van der Waals surface area contributed by atoms with Gasteiger partial charge in [-0.05, 0) is 6.42 Å². The Morgan fingerprint density at radius 1 is 0.963 bits per heavy atom. The molecule has 0 aliphatic carbocycles. The fourth-order valence-corrected chi connectivity index (χ4v) is 3.57.